The number of hydrogen-bond donors (Lipinski definition) is 4. The monoisotopic (exact) mass is 674 g/mol. The molecule has 0 radical (unpaired) electrons. The van der Waals surface area contributed by atoms with Gasteiger partial charge in [0.15, 0.2) is 17.3 Å². The van der Waals surface area contributed by atoms with Crippen molar-refractivity contribution < 1.29 is 39.0 Å². The summed E-state index contributed by atoms with van der Waals surface area (Å²) in [7, 11) is 0. The lowest BCUT2D eigenvalue weighted by Crippen LogP contribution is -2.32. The lowest BCUT2D eigenvalue weighted by atomic mass is 10.1. The van der Waals surface area contributed by atoms with Gasteiger partial charge in [-0.25, -0.2) is 14.8 Å². The highest BCUT2D eigenvalue weighted by Crippen LogP contribution is 2.34. The normalized spacial score (nSPS) is 13.1. The molecule has 3 amide bonds. The third-order valence-electron chi connectivity index (χ3n) is 8.32. The number of carbonyl (C=O) groups is 4. The number of aromatic hydroxyl groups is 2. The average molecular weight is 675 g/mol. The summed E-state index contributed by atoms with van der Waals surface area (Å²) in [5.74, 6) is -1.41. The fourth-order valence-corrected chi connectivity index (χ4v) is 5.72. The summed E-state index contributed by atoms with van der Waals surface area (Å²) < 4.78 is 7.80. The number of nitrogen functional groups attached to an aromatic ring is 1. The van der Waals surface area contributed by atoms with Crippen LogP contribution >= 0.6 is 0 Å². The molecule has 2 aromatic carbocycles. The second-order valence-electron chi connectivity index (χ2n) is 12.0. The van der Waals surface area contributed by atoms with Crippen molar-refractivity contribution in [2.45, 2.75) is 77.7 Å². The number of nitrogens with zero attached hydrogens (tertiary/aromatic N) is 4. The Morgan fingerprint density at radius 1 is 0.980 bits per heavy atom. The molecule has 1 fully saturated rings. The highest BCUT2D eigenvalue weighted by molar-refractivity contribution is 6.07. The number of phenols is 2. The maximum Gasteiger partial charge on any atom is 0.333 e. The van der Waals surface area contributed by atoms with Crippen molar-refractivity contribution in [2.75, 3.05) is 25.5 Å². The Kier molecular flexibility index (Phi) is 11.6. The number of hydrogen-bond acceptors (Lipinski definition) is 11. The molecule has 1 aliphatic heterocycles. The minimum absolute atomic E-state index is 0.0136. The van der Waals surface area contributed by atoms with Gasteiger partial charge in [-0.15, -0.1) is 5.06 Å². The number of para-hydroxylation sites is 1. The van der Waals surface area contributed by atoms with Crippen LogP contribution in [0.5, 0.6) is 11.5 Å². The summed E-state index contributed by atoms with van der Waals surface area (Å²) in [5.41, 5.74) is 10.3. The molecule has 14 nitrogen and oxygen atoms in total. The number of nitrogens with one attached hydrogen (secondary N) is 1. The van der Waals surface area contributed by atoms with E-state index in [0.29, 0.717) is 54.7 Å². The number of amides is 3. The molecular weight excluding hydrogens is 632 g/mol. The van der Waals surface area contributed by atoms with Gasteiger partial charge in [-0.05, 0) is 43.4 Å². The van der Waals surface area contributed by atoms with Gasteiger partial charge in [-0.2, -0.15) is 0 Å². The van der Waals surface area contributed by atoms with E-state index in [1.165, 1.54) is 6.07 Å². The molecule has 0 aliphatic carbocycles. The molecule has 14 heteroatoms. The Labute approximate surface area is 283 Å². The number of hydroxylamine groups is 2. The molecule has 260 valence electrons. The van der Waals surface area contributed by atoms with Gasteiger partial charge < -0.3 is 35.4 Å². The standard InChI is InChI=1S/C35H42N6O8/c1-2-3-10-27-39-32-33(40(27)21-23-8-4-9-26(42)34(23)47)24-12-11-22(20-25(24)38-35(32)36)7-5-18-48-19-6-17-37-28(43)13-16-31(46)49-41-29(44)14-15-30(41)45/h4,8-9,11-12,20,42,47H,2-3,5-7,10,13-19,21H2,1H3,(H2,36,38)(H,37,43). The van der Waals surface area contributed by atoms with Crippen LogP contribution in [0, 0.1) is 0 Å². The molecule has 0 atom stereocenters. The van der Waals surface area contributed by atoms with Crippen LogP contribution in [-0.2, 0) is 48.1 Å². The molecule has 1 saturated heterocycles. The van der Waals surface area contributed by atoms with E-state index in [-0.39, 0.29) is 43.1 Å². The maximum absolute atomic E-state index is 12.0. The van der Waals surface area contributed by atoms with Gasteiger partial charge >= 0.3 is 5.97 Å². The number of anilines is 1. The zero-order chi connectivity index (χ0) is 34.9. The van der Waals surface area contributed by atoms with E-state index in [9.17, 15) is 29.4 Å². The summed E-state index contributed by atoms with van der Waals surface area (Å²) in [6.45, 7) is 3.80. The van der Waals surface area contributed by atoms with Crippen molar-refractivity contribution in [2.24, 2.45) is 0 Å². The van der Waals surface area contributed by atoms with E-state index in [0.717, 1.165) is 59.9 Å². The van der Waals surface area contributed by atoms with Crippen LogP contribution in [0.4, 0.5) is 5.82 Å². The van der Waals surface area contributed by atoms with Crippen LogP contribution in [0.25, 0.3) is 21.9 Å². The fourth-order valence-electron chi connectivity index (χ4n) is 5.72. The third-order valence-corrected chi connectivity index (χ3v) is 8.32. The molecule has 3 heterocycles. The predicted molar refractivity (Wildman–Crippen MR) is 180 cm³/mol. The Balaban J connectivity index is 1.10. The topological polar surface area (TPSA) is 199 Å². The number of aromatic nitrogens is 3. The van der Waals surface area contributed by atoms with E-state index in [1.54, 1.807) is 12.1 Å². The van der Waals surface area contributed by atoms with E-state index in [4.69, 9.17) is 20.3 Å². The van der Waals surface area contributed by atoms with Crippen molar-refractivity contribution in [3.63, 3.8) is 0 Å². The molecular formula is C35H42N6O8. The first-order chi connectivity index (χ1) is 23.7. The van der Waals surface area contributed by atoms with E-state index < -0.39 is 17.8 Å². The van der Waals surface area contributed by atoms with E-state index >= 15 is 0 Å². The first-order valence-electron chi connectivity index (χ1n) is 16.6. The number of nitrogens with two attached hydrogens (primary N) is 1. The predicted octanol–water partition coefficient (Wildman–Crippen LogP) is 3.81. The number of pyridine rings is 1. The summed E-state index contributed by atoms with van der Waals surface area (Å²) in [5, 5.41) is 24.7. The molecule has 1 aliphatic rings. The van der Waals surface area contributed by atoms with Gasteiger partial charge in [0.1, 0.15) is 11.3 Å². The number of imidazole rings is 1. The molecule has 0 bridgehead atoms. The van der Waals surface area contributed by atoms with Gasteiger partial charge in [0.05, 0.1) is 24.0 Å². The lowest BCUT2D eigenvalue weighted by Gasteiger charge is -2.13. The number of imide groups is 1. The molecule has 2 aromatic heterocycles. The second kappa shape index (κ2) is 16.2. The average Bonchev–Trinajstić information content (AvgIpc) is 3.61. The first-order valence-corrected chi connectivity index (χ1v) is 16.6. The highest BCUT2D eigenvalue weighted by atomic mass is 16.7. The largest absolute Gasteiger partial charge is 0.504 e. The summed E-state index contributed by atoms with van der Waals surface area (Å²) in [6, 6.07) is 11.0. The Morgan fingerprint density at radius 2 is 1.76 bits per heavy atom. The van der Waals surface area contributed by atoms with Crippen LogP contribution in [0.15, 0.2) is 36.4 Å². The van der Waals surface area contributed by atoms with Crippen LogP contribution in [-0.4, -0.2) is 73.3 Å². The molecule has 5 N–H and O–H groups in total. The zero-order valence-electron chi connectivity index (χ0n) is 27.6. The van der Waals surface area contributed by atoms with Gasteiger partial charge in [-0.1, -0.05) is 37.6 Å². The number of fused-ring (bicyclic) bond motifs is 3. The molecule has 0 unspecified atom stereocenters. The van der Waals surface area contributed by atoms with Crippen molar-refractivity contribution in [1.82, 2.24) is 24.9 Å². The molecule has 4 aromatic rings. The summed E-state index contributed by atoms with van der Waals surface area (Å²) in [6.07, 6.45) is 4.47. The zero-order valence-corrected chi connectivity index (χ0v) is 27.6. The van der Waals surface area contributed by atoms with Crippen molar-refractivity contribution in [3.05, 3.63) is 53.3 Å². The number of rotatable bonds is 17. The van der Waals surface area contributed by atoms with Crippen molar-refractivity contribution in [3.8, 4) is 11.5 Å². The summed E-state index contributed by atoms with van der Waals surface area (Å²) >= 11 is 0. The van der Waals surface area contributed by atoms with Crippen molar-refractivity contribution >= 4 is 51.4 Å². The number of ether oxygens (including phenoxy) is 1. The quantitative estimate of drug-likeness (QED) is 0.0721. The SMILES string of the molecule is CCCCc1nc2c(N)nc3cc(CCCOCCCNC(=O)CCC(=O)ON4C(=O)CCC4=O)ccc3c2n1Cc1cccc(O)c1O. The van der Waals surface area contributed by atoms with Gasteiger partial charge in [0.2, 0.25) is 5.91 Å². The van der Waals surface area contributed by atoms with E-state index in [2.05, 4.69) is 27.9 Å². The first kappa shape index (κ1) is 35.1. The Morgan fingerprint density at radius 3 is 2.53 bits per heavy atom. The van der Waals surface area contributed by atoms with Crippen LogP contribution in [0.3, 0.4) is 0 Å². The number of carbonyl (C=O) groups excluding carboxylic acids is 4. The fraction of sp³-hybridized carbons (Fsp3) is 0.429. The number of unbranched alkanes of at least 4 members (excludes halogenated alkanes) is 1. The third kappa shape index (κ3) is 8.62. The smallest absolute Gasteiger partial charge is 0.333 e. The van der Waals surface area contributed by atoms with Crippen LogP contribution < -0.4 is 11.1 Å². The molecule has 5 rings (SSSR count). The molecule has 0 spiro atoms. The summed E-state index contributed by atoms with van der Waals surface area (Å²) in [4.78, 5) is 61.2. The lowest BCUT2D eigenvalue weighted by molar-refractivity contribution is -0.197. The minimum atomic E-state index is -0.810. The van der Waals surface area contributed by atoms with Crippen LogP contribution in [0.2, 0.25) is 0 Å². The molecule has 49 heavy (non-hydrogen) atoms. The van der Waals surface area contributed by atoms with Gasteiger partial charge in [0.25, 0.3) is 11.8 Å². The number of benzene rings is 2. The van der Waals surface area contributed by atoms with E-state index in [1.807, 2.05) is 12.1 Å². The number of aryl methyl sites for hydroxylation is 2. The molecule has 0 saturated carbocycles. The van der Waals surface area contributed by atoms with Crippen LogP contribution in [0.1, 0.15) is 75.2 Å². The van der Waals surface area contributed by atoms with Crippen molar-refractivity contribution in [1.29, 1.82) is 0 Å². The Hall–Kier alpha value is -5.24. The highest BCUT2D eigenvalue weighted by Gasteiger charge is 2.32. The van der Waals surface area contributed by atoms with Gasteiger partial charge in [-0.3, -0.25) is 14.4 Å². The second-order valence-corrected chi connectivity index (χ2v) is 12.0. The Bertz CT molecular complexity index is 1840. The number of phenolic OH excluding ortho intramolecular Hbond substituents is 2. The van der Waals surface area contributed by atoms with Gasteiger partial charge in [0, 0.05) is 56.4 Å². The minimum Gasteiger partial charge on any atom is -0.504 e. The maximum atomic E-state index is 12.0.